The molecule has 2 aliphatic rings. The minimum absolute atomic E-state index is 0.00906. The van der Waals surface area contributed by atoms with Gasteiger partial charge in [-0.25, -0.2) is 0 Å². The van der Waals surface area contributed by atoms with Crippen molar-refractivity contribution in [3.63, 3.8) is 0 Å². The molecule has 1 aliphatic heterocycles. The van der Waals surface area contributed by atoms with Crippen LogP contribution in [0.25, 0.3) is 0 Å². The van der Waals surface area contributed by atoms with Crippen LogP contribution in [0.3, 0.4) is 0 Å². The molecule has 0 N–H and O–H groups in total. The van der Waals surface area contributed by atoms with Gasteiger partial charge in [-0.15, -0.1) is 0 Å². The van der Waals surface area contributed by atoms with Crippen molar-refractivity contribution in [2.75, 3.05) is 13.2 Å². The summed E-state index contributed by atoms with van der Waals surface area (Å²) in [6.45, 7) is 1.75. The van der Waals surface area contributed by atoms with Crippen LogP contribution < -0.4 is 0 Å². The molecule has 100 valence electrons. The predicted molar refractivity (Wildman–Crippen MR) is 72.3 cm³/mol. The maximum atomic E-state index is 5.87. The van der Waals surface area contributed by atoms with Crippen LogP contribution in [-0.4, -0.2) is 19.3 Å². The number of rotatable bonds is 4. The van der Waals surface area contributed by atoms with Gasteiger partial charge < -0.3 is 14.2 Å². The standard InChI is InChI=1S/C16H18O3/c1-2-6-13(7-3-1)10-17-11-14-12-18-15-8-4-5-9-16(15)19-14/h1-3,5-7,9,14H,4,8,10-12H2/t14-/m1/s1. The summed E-state index contributed by atoms with van der Waals surface area (Å²) in [7, 11) is 0. The molecule has 0 fully saturated rings. The number of hydrogen-bond donors (Lipinski definition) is 0. The van der Waals surface area contributed by atoms with E-state index in [1.165, 1.54) is 5.56 Å². The third-order valence-electron chi connectivity index (χ3n) is 3.23. The van der Waals surface area contributed by atoms with Gasteiger partial charge in [0, 0.05) is 6.42 Å². The molecule has 3 rings (SSSR count). The van der Waals surface area contributed by atoms with E-state index in [1.807, 2.05) is 24.3 Å². The highest BCUT2D eigenvalue weighted by Crippen LogP contribution is 2.26. The zero-order valence-corrected chi connectivity index (χ0v) is 10.9. The Morgan fingerprint density at radius 3 is 3.00 bits per heavy atom. The van der Waals surface area contributed by atoms with Crippen LogP contribution in [0, 0.1) is 0 Å². The lowest BCUT2D eigenvalue weighted by Gasteiger charge is -2.29. The molecule has 1 aliphatic carbocycles. The van der Waals surface area contributed by atoms with Crippen LogP contribution in [0.5, 0.6) is 0 Å². The van der Waals surface area contributed by atoms with Gasteiger partial charge in [0.1, 0.15) is 12.4 Å². The minimum atomic E-state index is -0.00906. The highest BCUT2D eigenvalue weighted by molar-refractivity contribution is 5.22. The molecule has 1 aromatic rings. The first-order valence-electron chi connectivity index (χ1n) is 6.72. The average Bonchev–Trinajstić information content (AvgIpc) is 2.48. The summed E-state index contributed by atoms with van der Waals surface area (Å²) < 4.78 is 17.3. The topological polar surface area (TPSA) is 27.7 Å². The first kappa shape index (κ1) is 12.3. The Labute approximate surface area is 113 Å². The van der Waals surface area contributed by atoms with Gasteiger partial charge in [-0.2, -0.15) is 0 Å². The molecule has 3 nitrogen and oxygen atoms in total. The second kappa shape index (κ2) is 5.93. The highest BCUT2D eigenvalue weighted by Gasteiger charge is 2.23. The Morgan fingerprint density at radius 1 is 1.21 bits per heavy atom. The lowest BCUT2D eigenvalue weighted by molar-refractivity contribution is -0.0521. The van der Waals surface area contributed by atoms with Crippen molar-refractivity contribution in [2.24, 2.45) is 0 Å². The summed E-state index contributed by atoms with van der Waals surface area (Å²) >= 11 is 0. The first-order chi connectivity index (χ1) is 9.42. The second-order valence-electron chi connectivity index (χ2n) is 4.78. The van der Waals surface area contributed by atoms with Gasteiger partial charge in [0.25, 0.3) is 0 Å². The average molecular weight is 258 g/mol. The Kier molecular flexibility index (Phi) is 3.84. The van der Waals surface area contributed by atoms with Crippen molar-refractivity contribution in [2.45, 2.75) is 25.6 Å². The number of ether oxygens (including phenoxy) is 3. The van der Waals surface area contributed by atoms with Crippen LogP contribution in [-0.2, 0) is 20.8 Å². The van der Waals surface area contributed by atoms with Gasteiger partial charge in [0.05, 0.1) is 13.2 Å². The Morgan fingerprint density at radius 2 is 2.11 bits per heavy atom. The van der Waals surface area contributed by atoms with E-state index in [1.54, 1.807) is 0 Å². The predicted octanol–water partition coefficient (Wildman–Crippen LogP) is 3.18. The monoisotopic (exact) mass is 258 g/mol. The third kappa shape index (κ3) is 3.18. The van der Waals surface area contributed by atoms with Crippen LogP contribution >= 0.6 is 0 Å². The van der Waals surface area contributed by atoms with E-state index >= 15 is 0 Å². The summed E-state index contributed by atoms with van der Waals surface area (Å²) in [4.78, 5) is 0. The smallest absolute Gasteiger partial charge is 0.157 e. The molecule has 0 bridgehead atoms. The van der Waals surface area contributed by atoms with Crippen molar-refractivity contribution in [3.05, 3.63) is 59.6 Å². The third-order valence-corrected chi connectivity index (χ3v) is 3.23. The lowest BCUT2D eigenvalue weighted by atomic mass is 10.1. The molecule has 0 unspecified atom stereocenters. The fourth-order valence-corrected chi connectivity index (χ4v) is 2.24. The molecule has 1 atom stereocenters. The number of allylic oxidation sites excluding steroid dienone is 3. The number of hydrogen-bond acceptors (Lipinski definition) is 3. The fraction of sp³-hybridized carbons (Fsp3) is 0.375. The van der Waals surface area contributed by atoms with Crippen LogP contribution in [0.1, 0.15) is 18.4 Å². The van der Waals surface area contributed by atoms with Crippen molar-refractivity contribution in [3.8, 4) is 0 Å². The summed E-state index contributed by atoms with van der Waals surface area (Å²) in [5, 5.41) is 0. The largest absolute Gasteiger partial charge is 0.490 e. The van der Waals surface area contributed by atoms with Gasteiger partial charge >= 0.3 is 0 Å². The SMILES string of the molecule is C1=CC2=C(CC1)OC[C@@H](COCc1ccccc1)O2. The van der Waals surface area contributed by atoms with E-state index in [2.05, 4.69) is 18.2 Å². The van der Waals surface area contributed by atoms with Crippen molar-refractivity contribution in [1.82, 2.24) is 0 Å². The van der Waals surface area contributed by atoms with Gasteiger partial charge in [-0.3, -0.25) is 0 Å². The maximum Gasteiger partial charge on any atom is 0.157 e. The summed E-state index contributed by atoms with van der Waals surface area (Å²) in [6, 6.07) is 10.2. The van der Waals surface area contributed by atoms with Gasteiger partial charge in [0.2, 0.25) is 0 Å². The molecule has 0 saturated heterocycles. The highest BCUT2D eigenvalue weighted by atomic mass is 16.6. The zero-order chi connectivity index (χ0) is 12.9. The van der Waals surface area contributed by atoms with E-state index in [9.17, 15) is 0 Å². The quantitative estimate of drug-likeness (QED) is 0.830. The molecule has 0 amide bonds. The van der Waals surface area contributed by atoms with E-state index < -0.39 is 0 Å². The molecule has 0 radical (unpaired) electrons. The normalized spacial score (nSPS) is 21.6. The molecule has 0 saturated carbocycles. The Bertz CT molecular complexity index is 476. The van der Waals surface area contributed by atoms with Gasteiger partial charge in [-0.05, 0) is 18.1 Å². The minimum Gasteiger partial charge on any atom is -0.490 e. The van der Waals surface area contributed by atoms with Gasteiger partial charge in [-0.1, -0.05) is 36.4 Å². The molecule has 1 heterocycles. The summed E-state index contributed by atoms with van der Waals surface area (Å²) in [6.07, 6.45) is 6.10. The van der Waals surface area contributed by atoms with E-state index in [-0.39, 0.29) is 6.10 Å². The molecule has 0 spiro atoms. The zero-order valence-electron chi connectivity index (χ0n) is 10.9. The van der Waals surface area contributed by atoms with E-state index in [0.29, 0.717) is 19.8 Å². The van der Waals surface area contributed by atoms with Crippen LogP contribution in [0.2, 0.25) is 0 Å². The Balaban J connectivity index is 1.47. The van der Waals surface area contributed by atoms with Crippen molar-refractivity contribution < 1.29 is 14.2 Å². The van der Waals surface area contributed by atoms with Crippen LogP contribution in [0.15, 0.2) is 54.0 Å². The second-order valence-corrected chi connectivity index (χ2v) is 4.78. The summed E-state index contributed by atoms with van der Waals surface area (Å²) in [5.74, 6) is 1.87. The molecule has 0 aromatic heterocycles. The molecule has 1 aromatic carbocycles. The van der Waals surface area contributed by atoms with E-state index in [4.69, 9.17) is 14.2 Å². The maximum absolute atomic E-state index is 5.87. The Hall–Kier alpha value is -1.74. The molecular formula is C16H18O3. The van der Waals surface area contributed by atoms with Gasteiger partial charge in [0.15, 0.2) is 11.9 Å². The number of benzene rings is 1. The van der Waals surface area contributed by atoms with E-state index in [0.717, 1.165) is 24.4 Å². The first-order valence-corrected chi connectivity index (χ1v) is 6.72. The van der Waals surface area contributed by atoms with Crippen molar-refractivity contribution in [1.29, 1.82) is 0 Å². The molecule has 3 heteroatoms. The lowest BCUT2D eigenvalue weighted by Crippen LogP contribution is -2.30. The fourth-order valence-electron chi connectivity index (χ4n) is 2.24. The molecular weight excluding hydrogens is 240 g/mol. The summed E-state index contributed by atoms with van der Waals surface area (Å²) in [5.41, 5.74) is 1.18. The van der Waals surface area contributed by atoms with Crippen LogP contribution in [0.4, 0.5) is 0 Å². The molecule has 19 heavy (non-hydrogen) atoms. The van der Waals surface area contributed by atoms with Crippen molar-refractivity contribution >= 4 is 0 Å².